The van der Waals surface area contributed by atoms with Crippen LogP contribution in [-0.4, -0.2) is 5.78 Å². The maximum Gasteiger partial charge on any atom is 0.172 e. The molecule has 30 heavy (non-hydrogen) atoms. The van der Waals surface area contributed by atoms with Crippen molar-refractivity contribution in [3.8, 4) is 0 Å². The number of ketones is 1. The molecule has 0 unspecified atom stereocenters. The fourth-order valence-electron chi connectivity index (χ4n) is 4.63. The molecule has 0 spiro atoms. The summed E-state index contributed by atoms with van der Waals surface area (Å²) in [6.07, 6.45) is 0. The zero-order valence-electron chi connectivity index (χ0n) is 16.6. The van der Waals surface area contributed by atoms with Crippen molar-refractivity contribution < 1.29 is 4.79 Å². The zero-order valence-corrected chi connectivity index (χ0v) is 16.6. The molecule has 0 fully saturated rings. The maximum atomic E-state index is 14.0. The third kappa shape index (κ3) is 3.19. The molecule has 4 aromatic rings. The summed E-state index contributed by atoms with van der Waals surface area (Å²) >= 11 is 0. The molecule has 0 saturated carbocycles. The van der Waals surface area contributed by atoms with Gasteiger partial charge in [0.2, 0.25) is 0 Å². The van der Waals surface area contributed by atoms with Crippen LogP contribution in [0.2, 0.25) is 0 Å². The van der Waals surface area contributed by atoms with E-state index in [2.05, 4.69) is 48.5 Å². The highest BCUT2D eigenvalue weighted by Crippen LogP contribution is 2.54. The third-order valence-electron chi connectivity index (χ3n) is 5.91. The highest BCUT2D eigenvalue weighted by Gasteiger charge is 2.44. The zero-order chi connectivity index (χ0) is 20.3. The van der Waals surface area contributed by atoms with E-state index in [0.29, 0.717) is 0 Å². The number of rotatable bonds is 4. The molecule has 0 radical (unpaired) electrons. The van der Waals surface area contributed by atoms with Crippen molar-refractivity contribution in [1.82, 2.24) is 0 Å². The highest BCUT2D eigenvalue weighted by atomic mass is 16.1. The van der Waals surface area contributed by atoms with Crippen LogP contribution < -0.4 is 0 Å². The molecule has 4 aromatic carbocycles. The summed E-state index contributed by atoms with van der Waals surface area (Å²) in [4.78, 5) is 14.0. The van der Waals surface area contributed by atoms with E-state index < -0.39 is 0 Å². The van der Waals surface area contributed by atoms with E-state index in [9.17, 15) is 4.79 Å². The maximum absolute atomic E-state index is 14.0. The van der Waals surface area contributed by atoms with E-state index in [1.165, 1.54) is 5.56 Å². The Balaban J connectivity index is 1.81. The Labute approximate surface area is 177 Å². The first-order valence-corrected chi connectivity index (χ1v) is 10.3. The number of hydrogen-bond acceptors (Lipinski definition) is 1. The van der Waals surface area contributed by atoms with Crippen molar-refractivity contribution in [3.63, 3.8) is 0 Å². The quantitative estimate of drug-likeness (QED) is 0.379. The van der Waals surface area contributed by atoms with Crippen LogP contribution in [0.4, 0.5) is 0 Å². The lowest BCUT2D eigenvalue weighted by Gasteiger charge is -2.23. The van der Waals surface area contributed by atoms with Crippen molar-refractivity contribution >= 4 is 16.9 Å². The van der Waals surface area contributed by atoms with E-state index in [1.807, 2.05) is 72.8 Å². The summed E-state index contributed by atoms with van der Waals surface area (Å²) in [5, 5.41) is 0. The molecular weight excluding hydrogens is 364 g/mol. The van der Waals surface area contributed by atoms with Crippen molar-refractivity contribution in [2.45, 2.75) is 11.8 Å². The van der Waals surface area contributed by atoms with Gasteiger partial charge in [0, 0.05) is 11.5 Å². The fourth-order valence-corrected chi connectivity index (χ4v) is 4.63. The lowest BCUT2D eigenvalue weighted by Crippen LogP contribution is -2.14. The Bertz CT molecular complexity index is 1180. The monoisotopic (exact) mass is 386 g/mol. The van der Waals surface area contributed by atoms with Gasteiger partial charge in [-0.3, -0.25) is 4.79 Å². The first-order valence-electron chi connectivity index (χ1n) is 10.3. The van der Waals surface area contributed by atoms with Crippen LogP contribution in [0.3, 0.4) is 0 Å². The second kappa shape index (κ2) is 7.96. The van der Waals surface area contributed by atoms with E-state index in [0.717, 1.165) is 27.8 Å². The van der Waals surface area contributed by atoms with Crippen molar-refractivity contribution in [2.75, 3.05) is 0 Å². The number of Topliss-reactive ketones (excluding diaryl/α,β-unsaturated/α-hetero) is 1. The molecule has 0 aliphatic heterocycles. The van der Waals surface area contributed by atoms with Gasteiger partial charge in [0.15, 0.2) is 5.78 Å². The van der Waals surface area contributed by atoms with Gasteiger partial charge in [-0.2, -0.15) is 0 Å². The predicted octanol–water partition coefficient (Wildman–Crippen LogP) is 6.75. The largest absolute Gasteiger partial charge is 0.293 e. The minimum atomic E-state index is -0.237. The SMILES string of the molecule is O=C1C(c2ccccc2)=C(c2ccccc2)[C@H](c2ccccc2)[C@@H]1c1ccccc1. The van der Waals surface area contributed by atoms with Crippen LogP contribution in [0, 0.1) is 0 Å². The number of carbonyl (C=O) groups is 1. The van der Waals surface area contributed by atoms with Crippen molar-refractivity contribution in [3.05, 3.63) is 144 Å². The Morgan fingerprint density at radius 2 is 0.833 bits per heavy atom. The molecule has 0 N–H and O–H groups in total. The minimum Gasteiger partial charge on any atom is -0.293 e. The lowest BCUT2D eigenvalue weighted by atomic mass is 9.78. The standard InChI is InChI=1S/C29H22O/c30-29-27(23-17-9-3-10-18-23)25(21-13-5-1-6-14-21)26(22-15-7-2-8-16-22)28(29)24-19-11-4-12-20-24/h1-20,25,27H/t25-,27-/m0/s1. The van der Waals surface area contributed by atoms with Crippen molar-refractivity contribution in [2.24, 2.45) is 0 Å². The number of hydrogen-bond donors (Lipinski definition) is 0. The molecule has 0 bridgehead atoms. The molecule has 144 valence electrons. The van der Waals surface area contributed by atoms with Gasteiger partial charge in [-0.15, -0.1) is 0 Å². The smallest absolute Gasteiger partial charge is 0.172 e. The average Bonchev–Trinajstić information content (AvgIpc) is 3.14. The van der Waals surface area contributed by atoms with Gasteiger partial charge in [-0.1, -0.05) is 121 Å². The van der Waals surface area contributed by atoms with Crippen LogP contribution in [0.5, 0.6) is 0 Å². The van der Waals surface area contributed by atoms with E-state index in [4.69, 9.17) is 0 Å². The van der Waals surface area contributed by atoms with E-state index >= 15 is 0 Å². The van der Waals surface area contributed by atoms with Crippen LogP contribution >= 0.6 is 0 Å². The number of carbonyl (C=O) groups excluding carboxylic acids is 1. The Kier molecular flexibility index (Phi) is 4.86. The Morgan fingerprint density at radius 3 is 1.33 bits per heavy atom. The van der Waals surface area contributed by atoms with Gasteiger partial charge in [-0.05, 0) is 27.8 Å². The molecule has 0 heterocycles. The van der Waals surface area contributed by atoms with Crippen LogP contribution in [0.15, 0.2) is 121 Å². The third-order valence-corrected chi connectivity index (χ3v) is 5.91. The summed E-state index contributed by atoms with van der Waals surface area (Å²) in [5.74, 6) is -0.0715. The first-order chi connectivity index (χ1) is 14.8. The first kappa shape index (κ1) is 18.3. The molecule has 1 heteroatoms. The molecule has 0 amide bonds. The second-order valence-corrected chi connectivity index (χ2v) is 7.66. The molecule has 0 aromatic heterocycles. The second-order valence-electron chi connectivity index (χ2n) is 7.66. The van der Waals surface area contributed by atoms with Crippen LogP contribution in [-0.2, 0) is 4.79 Å². The lowest BCUT2D eigenvalue weighted by molar-refractivity contribution is -0.114. The molecule has 1 aliphatic carbocycles. The fraction of sp³-hybridized carbons (Fsp3) is 0.0690. The van der Waals surface area contributed by atoms with Gasteiger partial charge in [0.1, 0.15) is 0 Å². The minimum absolute atomic E-state index is 0.0290. The Morgan fingerprint density at radius 1 is 0.433 bits per heavy atom. The van der Waals surface area contributed by atoms with Gasteiger partial charge in [0.25, 0.3) is 0 Å². The molecule has 0 saturated heterocycles. The van der Waals surface area contributed by atoms with E-state index in [1.54, 1.807) is 0 Å². The van der Waals surface area contributed by atoms with Crippen molar-refractivity contribution in [1.29, 1.82) is 0 Å². The predicted molar refractivity (Wildman–Crippen MR) is 123 cm³/mol. The average molecular weight is 386 g/mol. The molecule has 1 nitrogen and oxygen atoms in total. The van der Waals surface area contributed by atoms with Gasteiger partial charge in [-0.25, -0.2) is 0 Å². The number of allylic oxidation sites excluding steroid dienone is 2. The summed E-state index contributed by atoms with van der Waals surface area (Å²) in [5.41, 5.74) is 6.29. The van der Waals surface area contributed by atoms with E-state index in [-0.39, 0.29) is 17.6 Å². The summed E-state index contributed by atoms with van der Waals surface area (Å²) in [7, 11) is 0. The molecule has 1 aliphatic rings. The molecule has 5 rings (SSSR count). The Hall–Kier alpha value is -3.71. The summed E-state index contributed by atoms with van der Waals surface area (Å²) in [6.45, 7) is 0. The molecule has 2 atom stereocenters. The van der Waals surface area contributed by atoms with Crippen LogP contribution in [0.1, 0.15) is 34.1 Å². The van der Waals surface area contributed by atoms with Gasteiger partial charge < -0.3 is 0 Å². The molecular formula is C29H22O. The highest BCUT2D eigenvalue weighted by molar-refractivity contribution is 6.35. The van der Waals surface area contributed by atoms with Gasteiger partial charge in [0.05, 0.1) is 5.92 Å². The normalized spacial score (nSPS) is 18.6. The summed E-state index contributed by atoms with van der Waals surface area (Å²) < 4.78 is 0. The van der Waals surface area contributed by atoms with Gasteiger partial charge >= 0.3 is 0 Å². The van der Waals surface area contributed by atoms with Crippen LogP contribution in [0.25, 0.3) is 11.1 Å². The summed E-state index contributed by atoms with van der Waals surface area (Å²) in [6, 6.07) is 41.1. The topological polar surface area (TPSA) is 17.1 Å². The number of benzene rings is 4.